The van der Waals surface area contributed by atoms with Crippen LogP contribution < -0.4 is 4.90 Å². The molecule has 0 fully saturated rings. The zero-order chi connectivity index (χ0) is 25.8. The molecule has 3 nitrogen and oxygen atoms in total. The number of aromatic nitrogens is 1. The minimum absolute atomic E-state index is 0.880. The minimum atomic E-state index is 0.880. The third-order valence-corrected chi connectivity index (χ3v) is 7.56. The van der Waals surface area contributed by atoms with Crippen molar-refractivity contribution < 1.29 is 4.42 Å². The Balaban J connectivity index is 1.46. The summed E-state index contributed by atoms with van der Waals surface area (Å²) in [5.41, 5.74) is 8.51. The van der Waals surface area contributed by atoms with Crippen LogP contribution in [0.5, 0.6) is 0 Å². The Kier molecular flexibility index (Phi) is 4.82. The molecular formula is C36H24N2O. The van der Waals surface area contributed by atoms with E-state index in [1.807, 2.05) is 12.1 Å². The summed E-state index contributed by atoms with van der Waals surface area (Å²) >= 11 is 0. The topological polar surface area (TPSA) is 21.3 Å². The van der Waals surface area contributed by atoms with Gasteiger partial charge in [-0.3, -0.25) is 0 Å². The number of anilines is 3. The van der Waals surface area contributed by atoms with E-state index in [2.05, 4.69) is 143 Å². The van der Waals surface area contributed by atoms with Crippen molar-refractivity contribution in [3.63, 3.8) is 0 Å². The third kappa shape index (κ3) is 3.37. The standard InChI is InChI=1S/C36H24N2O/c1-3-12-25(13-4-1)37(27-22-23-30-29-17-8-10-21-34(29)39-35(30)24-27)33-20-11-18-31-28-16-7-9-19-32(28)38(36(31)33)26-14-5-2-6-15-26/h1-24H. The van der Waals surface area contributed by atoms with Crippen LogP contribution in [0.3, 0.4) is 0 Å². The summed E-state index contributed by atoms with van der Waals surface area (Å²) in [7, 11) is 0. The van der Waals surface area contributed by atoms with Crippen LogP contribution in [-0.4, -0.2) is 4.57 Å². The second kappa shape index (κ2) is 8.64. The fourth-order valence-electron chi connectivity index (χ4n) is 5.88. The second-order valence-corrected chi connectivity index (χ2v) is 9.81. The maximum Gasteiger partial charge on any atom is 0.137 e. The Morgan fingerprint density at radius 1 is 0.462 bits per heavy atom. The van der Waals surface area contributed by atoms with Crippen molar-refractivity contribution in [1.82, 2.24) is 4.57 Å². The highest BCUT2D eigenvalue weighted by Crippen LogP contribution is 2.44. The average Bonchev–Trinajstić information content (AvgIpc) is 3.54. The smallest absolute Gasteiger partial charge is 0.137 e. The van der Waals surface area contributed by atoms with Crippen LogP contribution in [0.15, 0.2) is 150 Å². The van der Waals surface area contributed by atoms with Crippen LogP contribution in [-0.2, 0) is 0 Å². The molecular weight excluding hydrogens is 476 g/mol. The van der Waals surface area contributed by atoms with Gasteiger partial charge in [0.2, 0.25) is 0 Å². The van der Waals surface area contributed by atoms with E-state index in [1.54, 1.807) is 0 Å². The van der Waals surface area contributed by atoms with E-state index in [4.69, 9.17) is 4.42 Å². The molecule has 8 aromatic rings. The van der Waals surface area contributed by atoms with E-state index in [9.17, 15) is 0 Å². The molecule has 0 radical (unpaired) electrons. The first-order valence-electron chi connectivity index (χ1n) is 13.2. The quantitative estimate of drug-likeness (QED) is 0.240. The lowest BCUT2D eigenvalue weighted by atomic mass is 10.1. The molecule has 3 heteroatoms. The van der Waals surface area contributed by atoms with Gasteiger partial charge in [-0.05, 0) is 54.6 Å². The highest BCUT2D eigenvalue weighted by Gasteiger charge is 2.21. The van der Waals surface area contributed by atoms with Gasteiger partial charge in [-0.2, -0.15) is 0 Å². The predicted octanol–water partition coefficient (Wildman–Crippen LogP) is 10.2. The largest absolute Gasteiger partial charge is 0.456 e. The van der Waals surface area contributed by atoms with Crippen LogP contribution in [0, 0.1) is 0 Å². The maximum atomic E-state index is 6.31. The Morgan fingerprint density at radius 2 is 1.13 bits per heavy atom. The molecule has 0 bridgehead atoms. The molecule has 0 saturated carbocycles. The summed E-state index contributed by atoms with van der Waals surface area (Å²) in [5, 5.41) is 4.72. The molecule has 8 rings (SSSR count). The summed E-state index contributed by atoms with van der Waals surface area (Å²) in [6.07, 6.45) is 0. The van der Waals surface area contributed by atoms with Crippen molar-refractivity contribution >= 4 is 60.8 Å². The molecule has 6 aromatic carbocycles. The molecule has 0 aliphatic heterocycles. The van der Waals surface area contributed by atoms with Crippen molar-refractivity contribution in [2.24, 2.45) is 0 Å². The summed E-state index contributed by atoms with van der Waals surface area (Å²) < 4.78 is 8.70. The van der Waals surface area contributed by atoms with E-state index in [1.165, 1.54) is 21.8 Å². The van der Waals surface area contributed by atoms with E-state index in [0.717, 1.165) is 44.7 Å². The van der Waals surface area contributed by atoms with E-state index in [-0.39, 0.29) is 0 Å². The molecule has 39 heavy (non-hydrogen) atoms. The van der Waals surface area contributed by atoms with E-state index < -0.39 is 0 Å². The van der Waals surface area contributed by atoms with E-state index >= 15 is 0 Å². The summed E-state index contributed by atoms with van der Waals surface area (Å²) in [4.78, 5) is 2.34. The fourth-order valence-corrected chi connectivity index (χ4v) is 5.88. The van der Waals surface area contributed by atoms with Crippen molar-refractivity contribution in [2.45, 2.75) is 0 Å². The first kappa shape index (κ1) is 21.8. The van der Waals surface area contributed by atoms with Gasteiger partial charge in [0, 0.05) is 44.7 Å². The second-order valence-electron chi connectivity index (χ2n) is 9.81. The molecule has 0 aliphatic carbocycles. The van der Waals surface area contributed by atoms with Crippen molar-refractivity contribution in [3.8, 4) is 5.69 Å². The van der Waals surface area contributed by atoms with Crippen LogP contribution in [0.1, 0.15) is 0 Å². The molecule has 0 N–H and O–H groups in total. The normalized spacial score (nSPS) is 11.6. The highest BCUT2D eigenvalue weighted by atomic mass is 16.3. The van der Waals surface area contributed by atoms with Crippen molar-refractivity contribution in [1.29, 1.82) is 0 Å². The fraction of sp³-hybridized carbons (Fsp3) is 0. The van der Waals surface area contributed by atoms with Gasteiger partial charge in [0.05, 0.1) is 16.7 Å². The van der Waals surface area contributed by atoms with Gasteiger partial charge in [0.15, 0.2) is 0 Å². The molecule has 0 aliphatic rings. The monoisotopic (exact) mass is 500 g/mol. The van der Waals surface area contributed by atoms with Gasteiger partial charge in [-0.25, -0.2) is 0 Å². The van der Waals surface area contributed by atoms with Gasteiger partial charge in [-0.15, -0.1) is 0 Å². The molecule has 0 unspecified atom stereocenters. The lowest BCUT2D eigenvalue weighted by Crippen LogP contribution is -2.11. The van der Waals surface area contributed by atoms with Gasteiger partial charge in [0.1, 0.15) is 11.2 Å². The lowest BCUT2D eigenvalue weighted by molar-refractivity contribution is 0.669. The molecule has 0 saturated heterocycles. The summed E-state index contributed by atoms with van der Waals surface area (Å²) in [6.45, 7) is 0. The molecule has 0 amide bonds. The average molecular weight is 501 g/mol. The summed E-state index contributed by atoms with van der Waals surface area (Å²) in [5.74, 6) is 0. The number of para-hydroxylation sites is 5. The Hall–Kier alpha value is -5.28. The molecule has 2 aromatic heterocycles. The zero-order valence-corrected chi connectivity index (χ0v) is 21.2. The first-order chi connectivity index (χ1) is 19.4. The first-order valence-corrected chi connectivity index (χ1v) is 13.2. The number of hydrogen-bond acceptors (Lipinski definition) is 2. The molecule has 0 atom stereocenters. The van der Waals surface area contributed by atoms with Gasteiger partial charge >= 0.3 is 0 Å². The summed E-state index contributed by atoms with van der Waals surface area (Å²) in [6, 6.07) is 51.2. The van der Waals surface area contributed by atoms with Crippen LogP contribution in [0.25, 0.3) is 49.4 Å². The number of rotatable bonds is 4. The Labute approximate surface area is 225 Å². The van der Waals surface area contributed by atoms with Gasteiger partial charge < -0.3 is 13.9 Å². The Bertz CT molecular complexity index is 2120. The number of hydrogen-bond donors (Lipinski definition) is 0. The molecule has 2 heterocycles. The number of nitrogens with zero attached hydrogens (tertiary/aromatic N) is 2. The van der Waals surface area contributed by atoms with Crippen LogP contribution >= 0.6 is 0 Å². The van der Waals surface area contributed by atoms with Crippen LogP contribution in [0.2, 0.25) is 0 Å². The number of fused-ring (bicyclic) bond motifs is 6. The van der Waals surface area contributed by atoms with E-state index in [0.29, 0.717) is 0 Å². The molecule has 184 valence electrons. The number of furan rings is 1. The van der Waals surface area contributed by atoms with Crippen molar-refractivity contribution in [3.05, 3.63) is 146 Å². The third-order valence-electron chi connectivity index (χ3n) is 7.56. The Morgan fingerprint density at radius 3 is 1.97 bits per heavy atom. The minimum Gasteiger partial charge on any atom is -0.456 e. The van der Waals surface area contributed by atoms with Crippen LogP contribution in [0.4, 0.5) is 17.1 Å². The SMILES string of the molecule is c1ccc(N(c2ccc3c(c2)oc2ccccc23)c2cccc3c4ccccc4n(-c4ccccc4)c23)cc1. The van der Waals surface area contributed by atoms with Gasteiger partial charge in [-0.1, -0.05) is 84.9 Å². The van der Waals surface area contributed by atoms with Crippen molar-refractivity contribution in [2.75, 3.05) is 4.90 Å². The predicted molar refractivity (Wildman–Crippen MR) is 163 cm³/mol. The molecule has 0 spiro atoms. The van der Waals surface area contributed by atoms with Gasteiger partial charge in [0.25, 0.3) is 0 Å². The zero-order valence-electron chi connectivity index (χ0n) is 21.2. The lowest BCUT2D eigenvalue weighted by Gasteiger charge is -2.27. The highest BCUT2D eigenvalue weighted by molar-refractivity contribution is 6.14. The number of benzene rings is 6. The maximum absolute atomic E-state index is 6.31.